The van der Waals surface area contributed by atoms with Crippen LogP contribution in [0.3, 0.4) is 0 Å². The number of hydrogen-bond donors (Lipinski definition) is 1. The SMILES string of the molecule is CC(C)NC(=O)c1ccc(Cl)c(B2OC(C)(C)C(C)(C)O2)c1. The third-order valence-corrected chi connectivity index (χ3v) is 4.53. The molecule has 1 saturated heterocycles. The number of amides is 1. The number of halogens is 1. The van der Waals surface area contributed by atoms with Crippen molar-refractivity contribution in [3.05, 3.63) is 28.8 Å². The molecule has 1 aromatic rings. The molecule has 22 heavy (non-hydrogen) atoms. The maximum atomic E-state index is 12.2. The first-order chi connectivity index (χ1) is 10.0. The van der Waals surface area contributed by atoms with Crippen LogP contribution in [0, 0.1) is 0 Å². The summed E-state index contributed by atoms with van der Waals surface area (Å²) in [4.78, 5) is 12.2. The monoisotopic (exact) mass is 323 g/mol. The van der Waals surface area contributed by atoms with Crippen LogP contribution in [0.1, 0.15) is 51.9 Å². The molecule has 0 aromatic heterocycles. The standard InChI is InChI=1S/C16H23BClNO3/c1-10(2)19-14(20)11-7-8-13(18)12(9-11)17-21-15(3,4)16(5,6)22-17/h7-10H,1-6H3,(H,19,20). The first-order valence-electron chi connectivity index (χ1n) is 7.49. The van der Waals surface area contributed by atoms with E-state index in [1.54, 1.807) is 18.2 Å². The summed E-state index contributed by atoms with van der Waals surface area (Å²) in [5, 5.41) is 3.39. The minimum absolute atomic E-state index is 0.0727. The zero-order chi connectivity index (χ0) is 16.7. The van der Waals surface area contributed by atoms with Crippen molar-refractivity contribution in [2.75, 3.05) is 0 Å². The lowest BCUT2D eigenvalue weighted by atomic mass is 9.78. The lowest BCUT2D eigenvalue weighted by molar-refractivity contribution is 0.00578. The summed E-state index contributed by atoms with van der Waals surface area (Å²) in [6.07, 6.45) is 0. The predicted molar refractivity (Wildman–Crippen MR) is 89.8 cm³/mol. The van der Waals surface area contributed by atoms with Gasteiger partial charge in [-0.1, -0.05) is 11.6 Å². The van der Waals surface area contributed by atoms with Crippen molar-refractivity contribution in [3.8, 4) is 0 Å². The fourth-order valence-electron chi connectivity index (χ4n) is 2.18. The van der Waals surface area contributed by atoms with Gasteiger partial charge in [0.25, 0.3) is 5.91 Å². The molecule has 1 aliphatic rings. The molecular formula is C16H23BClNO3. The summed E-state index contributed by atoms with van der Waals surface area (Å²) in [6.45, 7) is 11.8. The Labute approximate surface area is 137 Å². The number of rotatable bonds is 3. The van der Waals surface area contributed by atoms with Gasteiger partial charge in [0.15, 0.2) is 0 Å². The van der Waals surface area contributed by atoms with Crippen LogP contribution in [0.15, 0.2) is 18.2 Å². The van der Waals surface area contributed by atoms with Crippen LogP contribution in [-0.4, -0.2) is 30.3 Å². The molecule has 4 nitrogen and oxygen atoms in total. The summed E-state index contributed by atoms with van der Waals surface area (Å²) in [6, 6.07) is 5.22. The van der Waals surface area contributed by atoms with Gasteiger partial charge < -0.3 is 14.6 Å². The molecule has 0 spiro atoms. The number of carbonyl (C=O) groups excluding carboxylic acids is 1. The third kappa shape index (κ3) is 3.32. The highest BCUT2D eigenvalue weighted by Crippen LogP contribution is 2.37. The van der Waals surface area contributed by atoms with E-state index in [4.69, 9.17) is 20.9 Å². The normalized spacial score (nSPS) is 19.5. The van der Waals surface area contributed by atoms with Crippen molar-refractivity contribution in [2.24, 2.45) is 0 Å². The number of hydrogen-bond acceptors (Lipinski definition) is 3. The molecule has 0 atom stereocenters. The van der Waals surface area contributed by atoms with Gasteiger partial charge in [-0.2, -0.15) is 0 Å². The Morgan fingerprint density at radius 1 is 1.18 bits per heavy atom. The largest absolute Gasteiger partial charge is 0.496 e. The Morgan fingerprint density at radius 2 is 1.73 bits per heavy atom. The van der Waals surface area contributed by atoms with Crippen molar-refractivity contribution in [1.82, 2.24) is 5.32 Å². The van der Waals surface area contributed by atoms with Crippen LogP contribution in [0.4, 0.5) is 0 Å². The topological polar surface area (TPSA) is 47.6 Å². The first-order valence-corrected chi connectivity index (χ1v) is 7.87. The van der Waals surface area contributed by atoms with E-state index in [9.17, 15) is 4.79 Å². The van der Waals surface area contributed by atoms with Gasteiger partial charge in [-0.05, 0) is 59.7 Å². The Kier molecular flexibility index (Phi) is 4.62. The molecule has 1 amide bonds. The van der Waals surface area contributed by atoms with E-state index in [1.165, 1.54) is 0 Å². The fourth-order valence-corrected chi connectivity index (χ4v) is 2.39. The van der Waals surface area contributed by atoms with Crippen molar-refractivity contribution in [3.63, 3.8) is 0 Å². The van der Waals surface area contributed by atoms with Crippen LogP contribution in [0.5, 0.6) is 0 Å². The Hall–Kier alpha value is -1.04. The minimum atomic E-state index is -0.579. The van der Waals surface area contributed by atoms with Crippen LogP contribution in [-0.2, 0) is 9.31 Å². The molecular weight excluding hydrogens is 300 g/mol. The van der Waals surface area contributed by atoms with E-state index in [0.29, 0.717) is 16.0 Å². The Balaban J connectivity index is 2.31. The van der Waals surface area contributed by atoms with Gasteiger partial charge in [0, 0.05) is 22.1 Å². The maximum absolute atomic E-state index is 12.2. The zero-order valence-electron chi connectivity index (χ0n) is 14.0. The summed E-state index contributed by atoms with van der Waals surface area (Å²) in [5.74, 6) is -0.135. The summed E-state index contributed by atoms with van der Waals surface area (Å²) in [5.41, 5.74) is 0.327. The molecule has 1 aromatic carbocycles. The van der Waals surface area contributed by atoms with E-state index in [2.05, 4.69) is 5.32 Å². The minimum Gasteiger partial charge on any atom is -0.399 e. The van der Waals surface area contributed by atoms with Gasteiger partial charge in [-0.25, -0.2) is 0 Å². The van der Waals surface area contributed by atoms with Gasteiger partial charge in [-0.15, -0.1) is 0 Å². The van der Waals surface area contributed by atoms with E-state index >= 15 is 0 Å². The lowest BCUT2D eigenvalue weighted by Crippen LogP contribution is -2.41. The molecule has 2 rings (SSSR count). The van der Waals surface area contributed by atoms with Crippen LogP contribution in [0.2, 0.25) is 5.02 Å². The molecule has 120 valence electrons. The average molecular weight is 324 g/mol. The van der Waals surface area contributed by atoms with Crippen LogP contribution >= 0.6 is 11.6 Å². The molecule has 0 unspecified atom stereocenters. The van der Waals surface area contributed by atoms with Gasteiger partial charge in [0.05, 0.1) is 11.2 Å². The van der Waals surface area contributed by atoms with Gasteiger partial charge in [-0.3, -0.25) is 4.79 Å². The number of nitrogens with one attached hydrogen (secondary N) is 1. The average Bonchev–Trinajstić information content (AvgIpc) is 2.57. The van der Waals surface area contributed by atoms with Gasteiger partial charge in [0.2, 0.25) is 0 Å². The quantitative estimate of drug-likeness (QED) is 0.870. The second-order valence-corrected chi connectivity index (χ2v) is 7.36. The molecule has 1 N–H and O–H groups in total. The molecule has 0 bridgehead atoms. The number of benzene rings is 1. The highest BCUT2D eigenvalue weighted by molar-refractivity contribution is 6.65. The second kappa shape index (κ2) is 5.87. The molecule has 1 aliphatic heterocycles. The number of carbonyl (C=O) groups is 1. The van der Waals surface area contributed by atoms with Crippen molar-refractivity contribution < 1.29 is 14.1 Å². The van der Waals surface area contributed by atoms with Gasteiger partial charge >= 0.3 is 7.12 Å². The van der Waals surface area contributed by atoms with Crippen LogP contribution < -0.4 is 10.8 Å². The smallest absolute Gasteiger partial charge is 0.399 e. The van der Waals surface area contributed by atoms with E-state index in [-0.39, 0.29) is 11.9 Å². The molecule has 6 heteroatoms. The van der Waals surface area contributed by atoms with Crippen molar-refractivity contribution in [1.29, 1.82) is 0 Å². The predicted octanol–water partition coefficient (Wildman–Crippen LogP) is 2.78. The second-order valence-electron chi connectivity index (χ2n) is 6.95. The van der Waals surface area contributed by atoms with E-state index in [1.807, 2.05) is 41.5 Å². The van der Waals surface area contributed by atoms with Crippen molar-refractivity contribution in [2.45, 2.75) is 58.8 Å². The Bertz CT molecular complexity index is 571. The first kappa shape index (κ1) is 17.3. The van der Waals surface area contributed by atoms with E-state index < -0.39 is 18.3 Å². The van der Waals surface area contributed by atoms with Crippen molar-refractivity contribution >= 4 is 30.1 Å². The lowest BCUT2D eigenvalue weighted by Gasteiger charge is -2.32. The molecule has 0 aliphatic carbocycles. The highest BCUT2D eigenvalue weighted by atomic mass is 35.5. The van der Waals surface area contributed by atoms with E-state index in [0.717, 1.165) is 0 Å². The highest BCUT2D eigenvalue weighted by Gasteiger charge is 2.52. The molecule has 0 saturated carbocycles. The van der Waals surface area contributed by atoms with Crippen LogP contribution in [0.25, 0.3) is 0 Å². The fraction of sp³-hybridized carbons (Fsp3) is 0.562. The van der Waals surface area contributed by atoms with Gasteiger partial charge in [0.1, 0.15) is 0 Å². The molecule has 1 fully saturated rings. The zero-order valence-corrected chi connectivity index (χ0v) is 14.7. The summed E-state index contributed by atoms with van der Waals surface area (Å²) in [7, 11) is -0.579. The Morgan fingerprint density at radius 3 is 2.23 bits per heavy atom. The molecule has 1 heterocycles. The maximum Gasteiger partial charge on any atom is 0.496 e. The summed E-state index contributed by atoms with van der Waals surface area (Å²) >= 11 is 6.28. The molecule has 0 radical (unpaired) electrons. The third-order valence-electron chi connectivity index (χ3n) is 4.19. The summed E-state index contributed by atoms with van der Waals surface area (Å²) < 4.78 is 12.0.